The maximum absolute atomic E-state index is 10.8. The van der Waals surface area contributed by atoms with Crippen molar-refractivity contribution in [2.24, 2.45) is 0 Å². The maximum atomic E-state index is 10.8. The van der Waals surface area contributed by atoms with Crippen LogP contribution in [0.15, 0.2) is 34.8 Å². The van der Waals surface area contributed by atoms with Crippen LogP contribution in [-0.2, 0) is 9.53 Å². The summed E-state index contributed by atoms with van der Waals surface area (Å²) in [7, 11) is 1.38. The summed E-state index contributed by atoms with van der Waals surface area (Å²) in [5.74, 6) is -0.228. The van der Waals surface area contributed by atoms with Crippen LogP contribution in [0.25, 0.3) is 6.08 Å². The Bertz CT molecular complexity index is 345. The minimum absolute atomic E-state index is 0.228. The van der Waals surface area contributed by atoms with E-state index in [2.05, 4.69) is 20.7 Å². The number of carbonyl (C=O) groups is 1. The van der Waals surface area contributed by atoms with E-state index in [1.54, 1.807) is 6.08 Å². The second kappa shape index (κ2) is 5.60. The Morgan fingerprint density at radius 3 is 2.86 bits per heavy atom. The molecule has 1 aromatic carbocycles. The van der Waals surface area contributed by atoms with E-state index in [4.69, 9.17) is 0 Å². The van der Waals surface area contributed by atoms with Crippen LogP contribution in [0.1, 0.15) is 12.0 Å². The second-order valence-electron chi connectivity index (χ2n) is 2.70. The van der Waals surface area contributed by atoms with Gasteiger partial charge in [0.1, 0.15) is 0 Å². The van der Waals surface area contributed by atoms with Crippen molar-refractivity contribution in [3.05, 3.63) is 40.4 Å². The highest BCUT2D eigenvalue weighted by Gasteiger charge is 1.95. The second-order valence-corrected chi connectivity index (χ2v) is 3.56. The Morgan fingerprint density at radius 1 is 1.50 bits per heavy atom. The summed E-state index contributed by atoms with van der Waals surface area (Å²) in [6.45, 7) is 0. The van der Waals surface area contributed by atoms with Crippen molar-refractivity contribution in [2.75, 3.05) is 7.11 Å². The van der Waals surface area contributed by atoms with Crippen LogP contribution in [0.3, 0.4) is 0 Å². The highest BCUT2D eigenvalue weighted by atomic mass is 79.9. The van der Waals surface area contributed by atoms with Gasteiger partial charge in [-0.2, -0.15) is 0 Å². The molecule has 0 spiro atoms. The number of hydrogen-bond acceptors (Lipinski definition) is 2. The van der Waals surface area contributed by atoms with Gasteiger partial charge < -0.3 is 4.74 Å². The van der Waals surface area contributed by atoms with Gasteiger partial charge in [0.15, 0.2) is 0 Å². The van der Waals surface area contributed by atoms with Crippen molar-refractivity contribution >= 4 is 28.0 Å². The van der Waals surface area contributed by atoms with E-state index >= 15 is 0 Å². The third kappa shape index (κ3) is 3.34. The quantitative estimate of drug-likeness (QED) is 0.776. The Balaban J connectivity index is 2.60. The minimum Gasteiger partial charge on any atom is -0.469 e. The lowest BCUT2D eigenvalue weighted by atomic mass is 10.2. The maximum Gasteiger partial charge on any atom is 0.309 e. The number of carbonyl (C=O) groups excluding carboxylic acids is 1. The van der Waals surface area contributed by atoms with E-state index < -0.39 is 0 Å². The highest BCUT2D eigenvalue weighted by molar-refractivity contribution is 9.10. The molecular formula is C11H11BrO2. The van der Waals surface area contributed by atoms with Gasteiger partial charge in [-0.3, -0.25) is 4.79 Å². The van der Waals surface area contributed by atoms with Gasteiger partial charge in [0.05, 0.1) is 13.5 Å². The van der Waals surface area contributed by atoms with E-state index in [-0.39, 0.29) is 5.97 Å². The molecule has 2 nitrogen and oxygen atoms in total. The summed E-state index contributed by atoms with van der Waals surface area (Å²) in [4.78, 5) is 10.8. The van der Waals surface area contributed by atoms with Gasteiger partial charge in [-0.15, -0.1) is 0 Å². The summed E-state index contributed by atoms with van der Waals surface area (Å²) < 4.78 is 5.53. The first-order valence-corrected chi connectivity index (χ1v) is 5.01. The van der Waals surface area contributed by atoms with E-state index in [1.165, 1.54) is 7.11 Å². The van der Waals surface area contributed by atoms with Gasteiger partial charge in [0, 0.05) is 4.47 Å². The minimum atomic E-state index is -0.228. The fourth-order valence-electron chi connectivity index (χ4n) is 0.976. The molecule has 0 bridgehead atoms. The molecule has 0 atom stereocenters. The summed E-state index contributed by atoms with van der Waals surface area (Å²) in [5.41, 5.74) is 1.05. The van der Waals surface area contributed by atoms with Crippen molar-refractivity contribution in [3.8, 4) is 0 Å². The average molecular weight is 255 g/mol. The molecule has 1 rings (SSSR count). The molecule has 0 heterocycles. The molecule has 0 amide bonds. The zero-order valence-corrected chi connectivity index (χ0v) is 9.45. The van der Waals surface area contributed by atoms with Crippen molar-refractivity contribution in [2.45, 2.75) is 6.42 Å². The van der Waals surface area contributed by atoms with E-state index in [1.807, 2.05) is 30.3 Å². The molecule has 0 saturated carbocycles. The summed E-state index contributed by atoms with van der Waals surface area (Å²) in [5, 5.41) is 0. The molecule has 0 unspecified atom stereocenters. The van der Waals surface area contributed by atoms with Crippen LogP contribution in [0.5, 0.6) is 0 Å². The lowest BCUT2D eigenvalue weighted by Crippen LogP contribution is -1.96. The molecule has 74 valence electrons. The SMILES string of the molecule is COC(=O)CC=Cc1ccccc1Br. The summed E-state index contributed by atoms with van der Waals surface area (Å²) >= 11 is 3.41. The fraction of sp³-hybridized carbons (Fsp3) is 0.182. The van der Waals surface area contributed by atoms with E-state index in [0.717, 1.165) is 10.0 Å². The largest absolute Gasteiger partial charge is 0.469 e. The Labute approximate surface area is 91.7 Å². The lowest BCUT2D eigenvalue weighted by Gasteiger charge is -1.96. The van der Waals surface area contributed by atoms with Gasteiger partial charge in [0.25, 0.3) is 0 Å². The van der Waals surface area contributed by atoms with Gasteiger partial charge in [0.2, 0.25) is 0 Å². The molecule has 3 heteroatoms. The van der Waals surface area contributed by atoms with Crippen molar-refractivity contribution in [3.63, 3.8) is 0 Å². The number of benzene rings is 1. The van der Waals surface area contributed by atoms with Gasteiger partial charge in [-0.05, 0) is 11.6 Å². The molecule has 0 aliphatic carbocycles. The summed E-state index contributed by atoms with van der Waals surface area (Å²) in [6.07, 6.45) is 3.98. The van der Waals surface area contributed by atoms with Crippen molar-refractivity contribution < 1.29 is 9.53 Å². The van der Waals surface area contributed by atoms with Crippen LogP contribution in [0.4, 0.5) is 0 Å². The highest BCUT2D eigenvalue weighted by Crippen LogP contribution is 2.17. The fourth-order valence-corrected chi connectivity index (χ4v) is 1.39. The predicted octanol–water partition coefficient (Wildman–Crippen LogP) is 3.03. The van der Waals surface area contributed by atoms with Gasteiger partial charge >= 0.3 is 5.97 Å². The summed E-state index contributed by atoms with van der Waals surface area (Å²) in [6, 6.07) is 7.82. The molecule has 0 radical (unpaired) electrons. The average Bonchev–Trinajstić information content (AvgIpc) is 2.20. The van der Waals surface area contributed by atoms with Crippen molar-refractivity contribution in [1.29, 1.82) is 0 Å². The Hall–Kier alpha value is -1.09. The monoisotopic (exact) mass is 254 g/mol. The first-order chi connectivity index (χ1) is 6.74. The van der Waals surface area contributed by atoms with E-state index in [9.17, 15) is 4.79 Å². The van der Waals surface area contributed by atoms with Crippen LogP contribution >= 0.6 is 15.9 Å². The number of halogens is 1. The standard InChI is InChI=1S/C11H11BrO2/c1-14-11(13)8-4-6-9-5-2-3-7-10(9)12/h2-7H,8H2,1H3. The van der Waals surface area contributed by atoms with Gasteiger partial charge in [-0.25, -0.2) is 0 Å². The zero-order chi connectivity index (χ0) is 10.4. The molecule has 0 fully saturated rings. The molecule has 0 N–H and O–H groups in total. The lowest BCUT2D eigenvalue weighted by molar-refractivity contribution is -0.139. The molecule has 1 aromatic rings. The first-order valence-electron chi connectivity index (χ1n) is 4.22. The van der Waals surface area contributed by atoms with Crippen LogP contribution in [0.2, 0.25) is 0 Å². The zero-order valence-electron chi connectivity index (χ0n) is 7.87. The third-order valence-electron chi connectivity index (χ3n) is 1.71. The molecular weight excluding hydrogens is 244 g/mol. The number of esters is 1. The molecule has 0 aromatic heterocycles. The number of hydrogen-bond donors (Lipinski definition) is 0. The third-order valence-corrected chi connectivity index (χ3v) is 2.44. The normalized spacial score (nSPS) is 10.4. The van der Waals surface area contributed by atoms with E-state index in [0.29, 0.717) is 6.42 Å². The molecule has 14 heavy (non-hydrogen) atoms. The first kappa shape index (κ1) is 11.0. The number of methoxy groups -OCH3 is 1. The smallest absolute Gasteiger partial charge is 0.309 e. The molecule has 0 saturated heterocycles. The topological polar surface area (TPSA) is 26.3 Å². The van der Waals surface area contributed by atoms with Crippen molar-refractivity contribution in [1.82, 2.24) is 0 Å². The number of rotatable bonds is 3. The van der Waals surface area contributed by atoms with Gasteiger partial charge in [-0.1, -0.05) is 46.3 Å². The Kier molecular flexibility index (Phi) is 4.40. The van der Waals surface area contributed by atoms with Crippen LogP contribution in [0, 0.1) is 0 Å². The number of ether oxygens (including phenoxy) is 1. The molecule has 0 aliphatic rings. The van der Waals surface area contributed by atoms with Crippen LogP contribution in [-0.4, -0.2) is 13.1 Å². The Morgan fingerprint density at radius 2 is 2.21 bits per heavy atom. The molecule has 0 aliphatic heterocycles. The van der Waals surface area contributed by atoms with Crippen LogP contribution < -0.4 is 0 Å². The predicted molar refractivity (Wildman–Crippen MR) is 59.8 cm³/mol.